The van der Waals surface area contributed by atoms with E-state index in [4.69, 9.17) is 0 Å². The van der Waals surface area contributed by atoms with Crippen molar-refractivity contribution in [3.8, 4) is 0 Å². The highest BCUT2D eigenvalue weighted by Crippen LogP contribution is 2.27. The normalized spacial score (nSPS) is 12.0. The van der Waals surface area contributed by atoms with Crippen LogP contribution < -0.4 is 5.32 Å². The molecule has 0 spiro atoms. The maximum atomic E-state index is 13.8. The summed E-state index contributed by atoms with van der Waals surface area (Å²) in [4.78, 5) is 28.3. The van der Waals surface area contributed by atoms with E-state index >= 15 is 0 Å². The maximum Gasteiger partial charge on any atom is 0.326 e. The first-order valence-electron chi connectivity index (χ1n) is 7.98. The van der Waals surface area contributed by atoms with Crippen molar-refractivity contribution in [1.29, 1.82) is 0 Å². The first-order chi connectivity index (χ1) is 13.3. The van der Waals surface area contributed by atoms with Crippen LogP contribution in [0, 0.1) is 15.2 Å². The Labute approximate surface area is 180 Å². The van der Waals surface area contributed by atoms with Crippen molar-refractivity contribution in [3.63, 3.8) is 0 Å². The van der Waals surface area contributed by atoms with Crippen LogP contribution in [-0.2, 0) is 11.2 Å². The van der Waals surface area contributed by atoms with Crippen LogP contribution in [0.1, 0.15) is 15.9 Å². The van der Waals surface area contributed by atoms with Gasteiger partial charge in [0.15, 0.2) is 0 Å². The van der Waals surface area contributed by atoms with E-state index in [0.717, 1.165) is 31.6 Å². The fourth-order valence-corrected chi connectivity index (χ4v) is 3.66. The summed E-state index contributed by atoms with van der Waals surface area (Å²) < 4.78 is 29.2. The Hall–Kier alpha value is -2.14. The van der Waals surface area contributed by atoms with Crippen molar-refractivity contribution in [2.75, 3.05) is 0 Å². The van der Waals surface area contributed by atoms with E-state index in [1.807, 2.05) is 6.07 Å². The largest absolute Gasteiger partial charge is 0.480 e. The van der Waals surface area contributed by atoms with Crippen LogP contribution in [-0.4, -0.2) is 28.0 Å². The monoisotopic (exact) mass is 560 g/mol. The number of carboxylic acids is 1. The summed E-state index contributed by atoms with van der Waals surface area (Å²) in [5.41, 5.74) is 0.463. The molecule has 1 amide bonds. The van der Waals surface area contributed by atoms with Gasteiger partial charge in [0.2, 0.25) is 0 Å². The highest BCUT2D eigenvalue weighted by atomic mass is 127. The van der Waals surface area contributed by atoms with Crippen LogP contribution in [0.2, 0.25) is 0 Å². The van der Waals surface area contributed by atoms with Crippen LogP contribution in [0.3, 0.4) is 0 Å². The number of nitrogens with zero attached hydrogens (tertiary/aromatic N) is 1. The number of aromatic nitrogens is 1. The molecule has 1 heterocycles. The van der Waals surface area contributed by atoms with Crippen molar-refractivity contribution in [1.82, 2.24) is 10.3 Å². The van der Waals surface area contributed by atoms with Crippen LogP contribution in [0.4, 0.5) is 8.78 Å². The number of hydrogen-bond donors (Lipinski definition) is 2. The molecule has 144 valence electrons. The molecule has 0 fully saturated rings. The zero-order valence-electron chi connectivity index (χ0n) is 14.0. The van der Waals surface area contributed by atoms with Crippen molar-refractivity contribution < 1.29 is 23.5 Å². The average molecular weight is 561 g/mol. The lowest BCUT2D eigenvalue weighted by Crippen LogP contribution is -2.43. The summed E-state index contributed by atoms with van der Waals surface area (Å²) in [5, 5.41) is 12.4. The molecule has 0 saturated heterocycles. The molecule has 1 atom stereocenters. The number of carbonyl (C=O) groups excluding carboxylic acids is 1. The molecular formula is C19H12BrF2IN2O3. The van der Waals surface area contributed by atoms with Gasteiger partial charge in [0.25, 0.3) is 5.91 Å². The quantitative estimate of drug-likeness (QED) is 0.456. The predicted molar refractivity (Wildman–Crippen MR) is 111 cm³/mol. The minimum Gasteiger partial charge on any atom is -0.480 e. The first-order valence-corrected chi connectivity index (χ1v) is 9.85. The summed E-state index contributed by atoms with van der Waals surface area (Å²) in [5.74, 6) is -4.57. The molecule has 0 saturated carbocycles. The molecule has 0 aliphatic rings. The smallest absolute Gasteiger partial charge is 0.326 e. The fraction of sp³-hybridized carbons (Fsp3) is 0.105. The van der Waals surface area contributed by atoms with Gasteiger partial charge in [0.05, 0.1) is 5.52 Å². The van der Waals surface area contributed by atoms with E-state index in [0.29, 0.717) is 11.1 Å². The summed E-state index contributed by atoms with van der Waals surface area (Å²) >= 11 is 5.49. The molecule has 1 aromatic heterocycles. The lowest BCUT2D eigenvalue weighted by atomic mass is 10.0. The predicted octanol–water partition coefficient (Wildman–Crippen LogP) is 4.31. The Bertz CT molecular complexity index is 1070. The van der Waals surface area contributed by atoms with Crippen LogP contribution in [0.15, 0.2) is 47.1 Å². The zero-order chi connectivity index (χ0) is 20.4. The van der Waals surface area contributed by atoms with Gasteiger partial charge in [-0.25, -0.2) is 13.6 Å². The molecule has 5 nitrogen and oxygen atoms in total. The van der Waals surface area contributed by atoms with E-state index in [2.05, 4.69) is 48.8 Å². The molecule has 0 aliphatic carbocycles. The number of carboxylic acid groups (broad SMARTS) is 1. The number of hydrogen-bond acceptors (Lipinski definition) is 3. The van der Waals surface area contributed by atoms with E-state index in [1.54, 1.807) is 18.3 Å². The molecule has 28 heavy (non-hydrogen) atoms. The van der Waals surface area contributed by atoms with Gasteiger partial charge in [-0.2, -0.15) is 0 Å². The Morgan fingerprint density at radius 3 is 2.54 bits per heavy atom. The number of pyridine rings is 1. The second-order valence-electron chi connectivity index (χ2n) is 5.92. The topological polar surface area (TPSA) is 79.3 Å². The van der Waals surface area contributed by atoms with Crippen LogP contribution in [0.5, 0.6) is 0 Å². The molecule has 0 unspecified atom stereocenters. The molecule has 0 radical (unpaired) electrons. The van der Waals surface area contributed by atoms with Crippen LogP contribution in [0.25, 0.3) is 10.9 Å². The van der Waals surface area contributed by atoms with Gasteiger partial charge in [-0.05, 0) is 68.3 Å². The van der Waals surface area contributed by atoms with Gasteiger partial charge in [-0.15, -0.1) is 0 Å². The van der Waals surface area contributed by atoms with E-state index in [-0.39, 0.29) is 6.42 Å². The van der Waals surface area contributed by atoms with Gasteiger partial charge in [0, 0.05) is 26.0 Å². The van der Waals surface area contributed by atoms with E-state index in [1.165, 1.54) is 0 Å². The lowest BCUT2D eigenvalue weighted by molar-refractivity contribution is -0.139. The van der Waals surface area contributed by atoms with Crippen molar-refractivity contribution in [2.45, 2.75) is 12.5 Å². The zero-order valence-corrected chi connectivity index (χ0v) is 17.8. The number of amides is 1. The molecule has 0 aliphatic heterocycles. The molecular weight excluding hydrogens is 549 g/mol. The van der Waals surface area contributed by atoms with E-state index < -0.39 is 35.1 Å². The fourth-order valence-electron chi connectivity index (χ4n) is 2.76. The van der Waals surface area contributed by atoms with Crippen molar-refractivity contribution in [3.05, 3.63) is 73.4 Å². The number of aliphatic carboxylic acids is 1. The molecule has 0 bridgehead atoms. The summed E-state index contributed by atoms with van der Waals surface area (Å²) in [6.45, 7) is 0. The summed E-state index contributed by atoms with van der Waals surface area (Å²) in [6, 6.07) is 6.91. The Morgan fingerprint density at radius 2 is 1.89 bits per heavy atom. The Morgan fingerprint density at radius 1 is 1.21 bits per heavy atom. The SMILES string of the molecule is O=C(N[C@@H](Cc1ccc(Br)c2ncc(I)cc12)C(=O)O)c1c(F)cccc1F. The minimum absolute atomic E-state index is 0.0807. The number of nitrogens with one attached hydrogen (secondary N) is 1. The first kappa shape index (κ1) is 20.6. The van der Waals surface area contributed by atoms with Gasteiger partial charge in [0.1, 0.15) is 23.2 Å². The van der Waals surface area contributed by atoms with Crippen molar-refractivity contribution >= 4 is 61.3 Å². The Balaban J connectivity index is 1.94. The summed E-state index contributed by atoms with van der Waals surface area (Å²) in [7, 11) is 0. The maximum absolute atomic E-state index is 13.8. The summed E-state index contributed by atoms with van der Waals surface area (Å²) in [6.07, 6.45) is 1.59. The highest BCUT2D eigenvalue weighted by Gasteiger charge is 2.25. The number of carbonyl (C=O) groups is 2. The van der Waals surface area contributed by atoms with Gasteiger partial charge >= 0.3 is 5.97 Å². The number of fused-ring (bicyclic) bond motifs is 1. The minimum atomic E-state index is -1.38. The van der Waals surface area contributed by atoms with Gasteiger partial charge in [-0.1, -0.05) is 12.1 Å². The van der Waals surface area contributed by atoms with Gasteiger partial charge < -0.3 is 10.4 Å². The average Bonchev–Trinajstić information content (AvgIpc) is 2.63. The number of halogens is 4. The van der Waals surface area contributed by atoms with Gasteiger partial charge in [-0.3, -0.25) is 9.78 Å². The van der Waals surface area contributed by atoms with E-state index in [9.17, 15) is 23.5 Å². The standard InChI is InChI=1S/C19H12BrF2IN2O3/c20-12-5-4-9(11-7-10(23)8-24-17(11)12)6-15(19(27)28)25-18(26)16-13(21)2-1-3-14(16)22/h1-5,7-8,15H,6H2,(H,25,26)(H,27,28)/t15-/m0/s1. The molecule has 3 rings (SSSR count). The second kappa shape index (κ2) is 8.48. The second-order valence-corrected chi connectivity index (χ2v) is 8.02. The number of rotatable bonds is 5. The number of benzene rings is 2. The molecule has 2 aromatic carbocycles. The highest BCUT2D eigenvalue weighted by molar-refractivity contribution is 14.1. The molecule has 3 aromatic rings. The lowest BCUT2D eigenvalue weighted by Gasteiger charge is -2.17. The third-order valence-corrected chi connectivity index (χ3v) is 5.30. The molecule has 2 N–H and O–H groups in total. The molecule has 9 heteroatoms. The van der Waals surface area contributed by atoms with Crippen molar-refractivity contribution in [2.24, 2.45) is 0 Å². The Kier molecular flexibility index (Phi) is 6.23. The third kappa shape index (κ3) is 4.30. The van der Waals surface area contributed by atoms with Crippen LogP contribution >= 0.6 is 38.5 Å². The third-order valence-electron chi connectivity index (χ3n) is 4.07.